The zero-order valence-electron chi connectivity index (χ0n) is 14.8. The number of carbonyl (C=O) groups excluding carboxylic acids is 1. The van der Waals surface area contributed by atoms with E-state index in [0.29, 0.717) is 41.2 Å². The van der Waals surface area contributed by atoms with E-state index in [1.807, 2.05) is 31.2 Å². The van der Waals surface area contributed by atoms with Crippen molar-refractivity contribution in [3.05, 3.63) is 64.1 Å². The van der Waals surface area contributed by atoms with Crippen LogP contribution in [0.5, 0.6) is 11.5 Å². The van der Waals surface area contributed by atoms with Crippen LogP contribution in [-0.2, 0) is 11.2 Å². The highest BCUT2D eigenvalue weighted by molar-refractivity contribution is 5.88. The Bertz CT molecular complexity index is 1060. The van der Waals surface area contributed by atoms with Gasteiger partial charge in [-0.2, -0.15) is 5.10 Å². The fourth-order valence-corrected chi connectivity index (χ4v) is 3.16. The van der Waals surface area contributed by atoms with Crippen LogP contribution in [-0.4, -0.2) is 29.3 Å². The fourth-order valence-electron chi connectivity index (χ4n) is 3.16. The number of aromatic amines is 1. The molecule has 0 fully saturated rings. The Kier molecular flexibility index (Phi) is 4.50. The Morgan fingerprint density at radius 2 is 1.89 bits per heavy atom. The number of aromatic nitrogens is 2. The number of amides is 1. The number of rotatable bonds is 4. The average molecular weight is 365 g/mol. The van der Waals surface area contributed by atoms with E-state index in [0.717, 1.165) is 5.56 Å². The standard InChI is InChI=1S/C20H19N3O4/c1-12(13-6-7-17-18(10-13)27-9-8-26-17)21-19(24)11-16-14-4-2-3-5-15(14)20(25)23-22-16/h2-7,10,12H,8-9,11H2,1H3,(H,21,24)(H,23,25)/t12-/m1/s1. The lowest BCUT2D eigenvalue weighted by Crippen LogP contribution is -2.29. The molecule has 2 N–H and O–H groups in total. The summed E-state index contributed by atoms with van der Waals surface area (Å²) >= 11 is 0. The fraction of sp³-hybridized carbons (Fsp3) is 0.250. The van der Waals surface area contributed by atoms with Gasteiger partial charge in [0.25, 0.3) is 5.56 Å². The number of H-pyrrole nitrogens is 1. The molecule has 1 aliphatic rings. The van der Waals surface area contributed by atoms with E-state index in [-0.39, 0.29) is 23.9 Å². The molecule has 4 rings (SSSR count). The molecule has 0 aliphatic carbocycles. The van der Waals surface area contributed by atoms with Crippen LogP contribution in [0.1, 0.15) is 24.2 Å². The van der Waals surface area contributed by atoms with Gasteiger partial charge in [-0.1, -0.05) is 24.3 Å². The molecule has 0 saturated carbocycles. The number of benzene rings is 2. The van der Waals surface area contributed by atoms with Crippen molar-refractivity contribution in [1.82, 2.24) is 15.5 Å². The molecule has 0 bridgehead atoms. The molecule has 2 aromatic carbocycles. The van der Waals surface area contributed by atoms with E-state index >= 15 is 0 Å². The summed E-state index contributed by atoms with van der Waals surface area (Å²) in [6.45, 7) is 2.96. The predicted octanol–water partition coefficient (Wildman–Crippen LogP) is 2.11. The second kappa shape index (κ2) is 7.11. The van der Waals surface area contributed by atoms with E-state index in [9.17, 15) is 9.59 Å². The van der Waals surface area contributed by atoms with Gasteiger partial charge < -0.3 is 14.8 Å². The van der Waals surface area contributed by atoms with Gasteiger partial charge in [0.15, 0.2) is 11.5 Å². The molecule has 0 radical (unpaired) electrons. The highest BCUT2D eigenvalue weighted by atomic mass is 16.6. The second-order valence-corrected chi connectivity index (χ2v) is 6.41. The van der Waals surface area contributed by atoms with E-state index in [1.54, 1.807) is 18.2 Å². The number of fused-ring (bicyclic) bond motifs is 2. The van der Waals surface area contributed by atoms with Crippen LogP contribution in [0.25, 0.3) is 10.8 Å². The van der Waals surface area contributed by atoms with Gasteiger partial charge in [-0.15, -0.1) is 0 Å². The van der Waals surface area contributed by atoms with Crippen LogP contribution in [0.15, 0.2) is 47.3 Å². The first-order valence-corrected chi connectivity index (χ1v) is 8.77. The minimum absolute atomic E-state index is 0.0756. The third-order valence-corrected chi connectivity index (χ3v) is 4.55. The van der Waals surface area contributed by atoms with Gasteiger partial charge in [-0.05, 0) is 30.7 Å². The zero-order valence-corrected chi connectivity index (χ0v) is 14.8. The molecular weight excluding hydrogens is 346 g/mol. The Balaban J connectivity index is 1.50. The third-order valence-electron chi connectivity index (χ3n) is 4.55. The molecule has 0 unspecified atom stereocenters. The number of nitrogens with one attached hydrogen (secondary N) is 2. The second-order valence-electron chi connectivity index (χ2n) is 6.41. The summed E-state index contributed by atoms with van der Waals surface area (Å²) in [5, 5.41) is 10.7. The SMILES string of the molecule is C[C@@H](NC(=O)Cc1n[nH]c(=O)c2ccccc12)c1ccc2c(c1)OCCO2. The first-order chi connectivity index (χ1) is 13.1. The largest absolute Gasteiger partial charge is 0.486 e. The molecular formula is C20H19N3O4. The molecule has 138 valence electrons. The monoisotopic (exact) mass is 365 g/mol. The first-order valence-electron chi connectivity index (χ1n) is 8.77. The van der Waals surface area contributed by atoms with Crippen molar-refractivity contribution in [2.75, 3.05) is 13.2 Å². The van der Waals surface area contributed by atoms with Crippen molar-refractivity contribution in [3.63, 3.8) is 0 Å². The summed E-state index contributed by atoms with van der Waals surface area (Å²) in [5.74, 6) is 1.22. The first kappa shape index (κ1) is 17.1. The third kappa shape index (κ3) is 3.48. The number of ether oxygens (including phenoxy) is 2. The van der Waals surface area contributed by atoms with Crippen LogP contribution in [0.2, 0.25) is 0 Å². The Morgan fingerprint density at radius 3 is 2.70 bits per heavy atom. The normalized spacial score (nSPS) is 14.0. The molecule has 0 spiro atoms. The van der Waals surface area contributed by atoms with Gasteiger partial charge >= 0.3 is 0 Å². The minimum Gasteiger partial charge on any atom is -0.486 e. The summed E-state index contributed by atoms with van der Waals surface area (Å²) in [4.78, 5) is 24.4. The van der Waals surface area contributed by atoms with Gasteiger partial charge in [0.1, 0.15) is 13.2 Å². The zero-order chi connectivity index (χ0) is 18.8. The highest BCUT2D eigenvalue weighted by Crippen LogP contribution is 2.32. The average Bonchev–Trinajstić information content (AvgIpc) is 2.70. The highest BCUT2D eigenvalue weighted by Gasteiger charge is 2.17. The molecule has 2 heterocycles. The maximum Gasteiger partial charge on any atom is 0.272 e. The van der Waals surface area contributed by atoms with E-state index < -0.39 is 0 Å². The Hall–Kier alpha value is -3.35. The van der Waals surface area contributed by atoms with Crippen LogP contribution < -0.4 is 20.3 Å². The van der Waals surface area contributed by atoms with Gasteiger partial charge in [0.2, 0.25) is 5.91 Å². The van der Waals surface area contributed by atoms with Crippen molar-refractivity contribution in [3.8, 4) is 11.5 Å². The van der Waals surface area contributed by atoms with Crippen LogP contribution in [0.3, 0.4) is 0 Å². The number of carbonyl (C=O) groups is 1. The van der Waals surface area contributed by atoms with Crippen LogP contribution in [0, 0.1) is 0 Å². The molecule has 27 heavy (non-hydrogen) atoms. The smallest absolute Gasteiger partial charge is 0.272 e. The molecule has 1 atom stereocenters. The lowest BCUT2D eigenvalue weighted by molar-refractivity contribution is -0.121. The van der Waals surface area contributed by atoms with E-state index in [1.165, 1.54) is 0 Å². The van der Waals surface area contributed by atoms with E-state index in [2.05, 4.69) is 15.5 Å². The van der Waals surface area contributed by atoms with Gasteiger partial charge in [-0.3, -0.25) is 9.59 Å². The summed E-state index contributed by atoms with van der Waals surface area (Å²) in [6, 6.07) is 12.6. The van der Waals surface area contributed by atoms with Crippen molar-refractivity contribution < 1.29 is 14.3 Å². The summed E-state index contributed by atoms with van der Waals surface area (Å²) in [6.07, 6.45) is 0.0756. The van der Waals surface area contributed by atoms with Crippen molar-refractivity contribution in [2.45, 2.75) is 19.4 Å². The maximum atomic E-state index is 12.5. The lowest BCUT2D eigenvalue weighted by atomic mass is 10.1. The number of hydrogen-bond donors (Lipinski definition) is 2. The van der Waals surface area contributed by atoms with Crippen molar-refractivity contribution >= 4 is 16.7 Å². The van der Waals surface area contributed by atoms with Crippen LogP contribution >= 0.6 is 0 Å². The summed E-state index contributed by atoms with van der Waals surface area (Å²) in [7, 11) is 0. The number of nitrogens with zero attached hydrogens (tertiary/aromatic N) is 1. The van der Waals surface area contributed by atoms with Crippen LogP contribution in [0.4, 0.5) is 0 Å². The molecule has 1 aromatic heterocycles. The number of hydrogen-bond acceptors (Lipinski definition) is 5. The van der Waals surface area contributed by atoms with Gasteiger partial charge in [-0.25, -0.2) is 5.10 Å². The van der Waals surface area contributed by atoms with Crippen molar-refractivity contribution in [2.24, 2.45) is 0 Å². The summed E-state index contributed by atoms with van der Waals surface area (Å²) in [5.41, 5.74) is 1.20. The molecule has 3 aromatic rings. The quantitative estimate of drug-likeness (QED) is 0.739. The topological polar surface area (TPSA) is 93.3 Å². The lowest BCUT2D eigenvalue weighted by Gasteiger charge is -2.21. The molecule has 0 saturated heterocycles. The summed E-state index contributed by atoms with van der Waals surface area (Å²) < 4.78 is 11.1. The molecule has 7 nitrogen and oxygen atoms in total. The minimum atomic E-state index is -0.264. The Morgan fingerprint density at radius 1 is 1.15 bits per heavy atom. The predicted molar refractivity (Wildman–Crippen MR) is 100 cm³/mol. The molecule has 1 aliphatic heterocycles. The van der Waals surface area contributed by atoms with Crippen molar-refractivity contribution in [1.29, 1.82) is 0 Å². The Labute approximate surface area is 155 Å². The maximum absolute atomic E-state index is 12.5. The van der Waals surface area contributed by atoms with Gasteiger partial charge in [0, 0.05) is 5.39 Å². The van der Waals surface area contributed by atoms with E-state index in [4.69, 9.17) is 9.47 Å². The molecule has 1 amide bonds. The van der Waals surface area contributed by atoms with Gasteiger partial charge in [0.05, 0.1) is 23.5 Å². The molecule has 7 heteroatoms.